The van der Waals surface area contributed by atoms with E-state index in [1.54, 1.807) is 0 Å². The molecular weight excluding hydrogens is 326 g/mol. The molecule has 0 radical (unpaired) electrons. The summed E-state index contributed by atoms with van der Waals surface area (Å²) >= 11 is 0. The molecule has 142 valence electrons. The van der Waals surface area contributed by atoms with Crippen LogP contribution in [0, 0.1) is 5.92 Å². The van der Waals surface area contributed by atoms with E-state index in [9.17, 15) is 9.59 Å². The third-order valence-electron chi connectivity index (χ3n) is 5.98. The van der Waals surface area contributed by atoms with Gasteiger partial charge in [0.1, 0.15) is 0 Å². The average Bonchev–Trinajstić information content (AvgIpc) is 2.95. The first kappa shape index (κ1) is 18.9. The van der Waals surface area contributed by atoms with Crippen molar-refractivity contribution in [2.24, 2.45) is 5.92 Å². The van der Waals surface area contributed by atoms with Crippen molar-refractivity contribution in [1.29, 1.82) is 0 Å². The maximum absolute atomic E-state index is 12.9. The summed E-state index contributed by atoms with van der Waals surface area (Å²) < 4.78 is 0. The molecule has 0 bridgehead atoms. The van der Waals surface area contributed by atoms with Crippen LogP contribution in [0.4, 0.5) is 5.69 Å². The van der Waals surface area contributed by atoms with Crippen molar-refractivity contribution in [3.05, 3.63) is 29.3 Å². The van der Waals surface area contributed by atoms with E-state index < -0.39 is 5.97 Å². The molecule has 0 aromatic heterocycles. The average molecular weight is 357 g/mol. The Labute approximate surface area is 156 Å². The number of benzene rings is 1. The number of carbonyl (C=O) groups is 2. The maximum atomic E-state index is 12.9. The van der Waals surface area contributed by atoms with Crippen LogP contribution in [0.3, 0.4) is 0 Å². The molecule has 1 saturated carbocycles. The van der Waals surface area contributed by atoms with Gasteiger partial charge in [-0.1, -0.05) is 44.2 Å². The number of fused-ring (bicyclic) bond motifs is 1. The van der Waals surface area contributed by atoms with E-state index in [4.69, 9.17) is 5.11 Å². The number of nitrogens with zero attached hydrogens (tertiary/aromatic N) is 1. The van der Waals surface area contributed by atoms with E-state index in [2.05, 4.69) is 25.1 Å². The highest BCUT2D eigenvalue weighted by Gasteiger charge is 2.31. The summed E-state index contributed by atoms with van der Waals surface area (Å²) in [6.07, 6.45) is 10.8. The predicted molar refractivity (Wildman–Crippen MR) is 103 cm³/mol. The molecule has 1 N–H and O–H groups in total. The number of hydrogen-bond donors (Lipinski definition) is 1. The number of rotatable bonds is 7. The lowest BCUT2D eigenvalue weighted by Gasteiger charge is -2.25. The third-order valence-corrected chi connectivity index (χ3v) is 5.98. The second-order valence-electron chi connectivity index (χ2n) is 8.07. The quantitative estimate of drug-likeness (QED) is 0.767. The lowest BCUT2D eigenvalue weighted by molar-refractivity contribution is -0.137. The number of hydrogen-bond acceptors (Lipinski definition) is 2. The molecule has 0 saturated heterocycles. The van der Waals surface area contributed by atoms with Gasteiger partial charge >= 0.3 is 5.97 Å². The van der Waals surface area contributed by atoms with Crippen LogP contribution in [0.25, 0.3) is 0 Å². The fourth-order valence-electron chi connectivity index (χ4n) is 4.59. The highest BCUT2D eigenvalue weighted by atomic mass is 16.4. The Bertz CT molecular complexity index is 649. The second kappa shape index (κ2) is 8.70. The summed E-state index contributed by atoms with van der Waals surface area (Å²) in [6, 6.07) is 6.51. The molecule has 1 aliphatic heterocycles. The van der Waals surface area contributed by atoms with Crippen molar-refractivity contribution in [2.75, 3.05) is 4.90 Å². The van der Waals surface area contributed by atoms with E-state index in [0.717, 1.165) is 30.9 Å². The Morgan fingerprint density at radius 3 is 2.65 bits per heavy atom. The number of carbonyl (C=O) groups excluding carboxylic acids is 1. The van der Waals surface area contributed by atoms with Gasteiger partial charge in [-0.2, -0.15) is 0 Å². The zero-order valence-electron chi connectivity index (χ0n) is 15.9. The van der Waals surface area contributed by atoms with Gasteiger partial charge in [0.2, 0.25) is 5.91 Å². The van der Waals surface area contributed by atoms with Crippen molar-refractivity contribution >= 4 is 17.6 Å². The van der Waals surface area contributed by atoms with Crippen molar-refractivity contribution in [2.45, 2.75) is 83.6 Å². The molecule has 26 heavy (non-hydrogen) atoms. The van der Waals surface area contributed by atoms with Gasteiger partial charge < -0.3 is 10.0 Å². The number of carboxylic acids is 1. The fraction of sp³-hybridized carbons (Fsp3) is 0.636. The van der Waals surface area contributed by atoms with Crippen molar-refractivity contribution in [3.8, 4) is 0 Å². The van der Waals surface area contributed by atoms with Gasteiger partial charge in [-0.15, -0.1) is 0 Å². The van der Waals surface area contributed by atoms with Gasteiger partial charge in [0.15, 0.2) is 0 Å². The highest BCUT2D eigenvalue weighted by Crippen LogP contribution is 2.35. The Kier molecular flexibility index (Phi) is 6.33. The zero-order chi connectivity index (χ0) is 18.5. The minimum absolute atomic E-state index is 0.208. The number of anilines is 1. The molecule has 1 aromatic rings. The normalized spacial score (nSPS) is 20.2. The molecule has 1 amide bonds. The summed E-state index contributed by atoms with van der Waals surface area (Å²) in [6.45, 7) is 2.13. The monoisotopic (exact) mass is 357 g/mol. The van der Waals surface area contributed by atoms with Crippen LogP contribution in [0.1, 0.15) is 75.8 Å². The van der Waals surface area contributed by atoms with E-state index in [1.807, 2.05) is 4.90 Å². The molecule has 1 aliphatic carbocycles. The van der Waals surface area contributed by atoms with Crippen LogP contribution in [-0.2, 0) is 22.4 Å². The van der Waals surface area contributed by atoms with Crippen molar-refractivity contribution in [1.82, 2.24) is 0 Å². The van der Waals surface area contributed by atoms with Crippen LogP contribution >= 0.6 is 0 Å². The number of amides is 1. The first-order chi connectivity index (χ1) is 12.5. The van der Waals surface area contributed by atoms with E-state index in [0.29, 0.717) is 12.8 Å². The lowest BCUT2D eigenvalue weighted by atomic mass is 9.86. The predicted octanol–water partition coefficient (Wildman–Crippen LogP) is 4.73. The van der Waals surface area contributed by atoms with Gasteiger partial charge in [0.25, 0.3) is 0 Å². The smallest absolute Gasteiger partial charge is 0.303 e. The molecule has 2 aliphatic rings. The Balaban J connectivity index is 1.59. The van der Waals surface area contributed by atoms with Gasteiger partial charge in [-0.25, -0.2) is 0 Å². The molecule has 1 aromatic carbocycles. The van der Waals surface area contributed by atoms with Crippen LogP contribution in [0.2, 0.25) is 0 Å². The largest absolute Gasteiger partial charge is 0.481 e. The first-order valence-electron chi connectivity index (χ1n) is 10.2. The summed E-state index contributed by atoms with van der Waals surface area (Å²) in [5.74, 6) is 0.261. The van der Waals surface area contributed by atoms with Crippen molar-refractivity contribution in [3.63, 3.8) is 0 Å². The minimum atomic E-state index is -0.741. The first-order valence-corrected chi connectivity index (χ1v) is 10.2. The number of carboxylic acid groups (broad SMARTS) is 1. The number of aryl methyl sites for hydroxylation is 1. The zero-order valence-corrected chi connectivity index (χ0v) is 15.9. The summed E-state index contributed by atoms with van der Waals surface area (Å²) in [5, 5.41) is 8.78. The SMILES string of the molecule is CC1Cc2cc(CCCC(=O)O)ccc2N1C(=O)CCC1CCCCC1. The summed E-state index contributed by atoms with van der Waals surface area (Å²) in [7, 11) is 0. The molecular formula is C22H31NO3. The summed E-state index contributed by atoms with van der Waals surface area (Å²) in [4.78, 5) is 25.5. The molecule has 4 nitrogen and oxygen atoms in total. The van der Waals surface area contributed by atoms with Crippen molar-refractivity contribution < 1.29 is 14.7 Å². The molecule has 0 spiro atoms. The van der Waals surface area contributed by atoms with Gasteiger partial charge in [-0.3, -0.25) is 9.59 Å². The van der Waals surface area contributed by atoms with E-state index >= 15 is 0 Å². The molecule has 1 heterocycles. The fourth-order valence-corrected chi connectivity index (χ4v) is 4.59. The standard InChI is InChI=1S/C22H31NO3/c1-16-14-19-15-18(8-5-9-22(25)26)10-12-20(19)23(16)21(24)13-11-17-6-3-2-4-7-17/h10,12,15-17H,2-9,11,13-14H2,1H3,(H,25,26). The molecule has 4 heteroatoms. The van der Waals surface area contributed by atoms with E-state index in [1.165, 1.54) is 43.2 Å². The highest BCUT2D eigenvalue weighted by molar-refractivity contribution is 5.96. The van der Waals surface area contributed by atoms with Crippen LogP contribution in [0.5, 0.6) is 0 Å². The van der Waals surface area contributed by atoms with Crippen LogP contribution in [-0.4, -0.2) is 23.0 Å². The van der Waals surface area contributed by atoms with Crippen LogP contribution in [0.15, 0.2) is 18.2 Å². The molecule has 1 atom stereocenters. The second-order valence-corrected chi connectivity index (χ2v) is 8.07. The summed E-state index contributed by atoms with van der Waals surface area (Å²) in [5.41, 5.74) is 3.47. The maximum Gasteiger partial charge on any atom is 0.303 e. The Morgan fingerprint density at radius 1 is 1.15 bits per heavy atom. The minimum Gasteiger partial charge on any atom is -0.481 e. The lowest BCUT2D eigenvalue weighted by Crippen LogP contribution is -2.35. The topological polar surface area (TPSA) is 57.6 Å². The molecule has 1 unspecified atom stereocenters. The molecule has 1 fully saturated rings. The number of aliphatic carboxylic acids is 1. The third kappa shape index (κ3) is 4.66. The van der Waals surface area contributed by atoms with Gasteiger partial charge in [-0.05, 0) is 55.7 Å². The van der Waals surface area contributed by atoms with Gasteiger partial charge in [0, 0.05) is 24.6 Å². The van der Waals surface area contributed by atoms with Crippen LogP contribution < -0.4 is 4.90 Å². The van der Waals surface area contributed by atoms with Gasteiger partial charge in [0.05, 0.1) is 0 Å². The Morgan fingerprint density at radius 2 is 1.92 bits per heavy atom. The molecule has 3 rings (SSSR count). The van der Waals surface area contributed by atoms with E-state index in [-0.39, 0.29) is 18.4 Å². The Hall–Kier alpha value is -1.84.